The molecule has 2 nitrogen and oxygen atoms in total. The number of rotatable bonds is 6. The number of anilines is 1. The van der Waals surface area contributed by atoms with Crippen molar-refractivity contribution < 1.29 is 0 Å². The monoisotopic (exact) mass is 238 g/mol. The summed E-state index contributed by atoms with van der Waals surface area (Å²) in [6, 6.07) is 14.6. The molecule has 0 saturated carbocycles. The van der Waals surface area contributed by atoms with Crippen molar-refractivity contribution in [2.75, 3.05) is 18.0 Å². The summed E-state index contributed by atoms with van der Waals surface area (Å²) in [7, 11) is 0. The van der Waals surface area contributed by atoms with Crippen molar-refractivity contribution in [1.29, 1.82) is 0 Å². The number of hydrogen-bond donors (Lipinski definition) is 0. The lowest BCUT2D eigenvalue weighted by Gasteiger charge is -2.22. The van der Waals surface area contributed by atoms with Gasteiger partial charge in [0.05, 0.1) is 11.9 Å². The second-order valence-electron chi connectivity index (χ2n) is 4.18. The fourth-order valence-electron chi connectivity index (χ4n) is 1.93. The molecular weight excluding hydrogens is 220 g/mol. The van der Waals surface area contributed by atoms with E-state index in [4.69, 9.17) is 0 Å². The number of benzene rings is 1. The standard InChI is InChI=1S/C16H18N2/c1-2-12-18(16-9-6-11-17-14-16)13-10-15-7-4-3-5-8-15/h2-9,11,14H,1,10,12-13H2. The zero-order chi connectivity index (χ0) is 12.6. The molecule has 0 unspecified atom stereocenters. The third-order valence-electron chi connectivity index (χ3n) is 2.87. The minimum absolute atomic E-state index is 0.846. The van der Waals surface area contributed by atoms with Gasteiger partial charge in [-0.25, -0.2) is 0 Å². The Balaban J connectivity index is 2.01. The molecule has 0 saturated heterocycles. The topological polar surface area (TPSA) is 16.1 Å². The van der Waals surface area contributed by atoms with E-state index in [1.165, 1.54) is 5.56 Å². The predicted octanol–water partition coefficient (Wildman–Crippen LogP) is 3.32. The van der Waals surface area contributed by atoms with Crippen molar-refractivity contribution in [1.82, 2.24) is 4.98 Å². The Labute approximate surface area is 109 Å². The highest BCUT2D eigenvalue weighted by atomic mass is 15.1. The van der Waals surface area contributed by atoms with Crippen LogP contribution in [0.5, 0.6) is 0 Å². The van der Waals surface area contributed by atoms with E-state index in [9.17, 15) is 0 Å². The normalized spacial score (nSPS) is 10.0. The highest BCUT2D eigenvalue weighted by Crippen LogP contribution is 2.12. The van der Waals surface area contributed by atoms with Crippen LogP contribution in [0.4, 0.5) is 5.69 Å². The molecule has 0 fully saturated rings. The summed E-state index contributed by atoms with van der Waals surface area (Å²) in [5.41, 5.74) is 2.50. The van der Waals surface area contributed by atoms with Crippen molar-refractivity contribution in [2.24, 2.45) is 0 Å². The summed E-state index contributed by atoms with van der Waals surface area (Å²) >= 11 is 0. The first-order chi connectivity index (χ1) is 8.90. The molecule has 1 aromatic carbocycles. The van der Waals surface area contributed by atoms with Crippen molar-refractivity contribution in [2.45, 2.75) is 6.42 Å². The van der Waals surface area contributed by atoms with Gasteiger partial charge in [0.25, 0.3) is 0 Å². The molecule has 0 aliphatic rings. The first-order valence-electron chi connectivity index (χ1n) is 6.20. The molecule has 0 aliphatic carbocycles. The third kappa shape index (κ3) is 3.45. The SMILES string of the molecule is C=CCN(CCc1ccccc1)c1cccnc1. The van der Waals surface area contributed by atoms with Crippen LogP contribution in [-0.4, -0.2) is 18.1 Å². The van der Waals surface area contributed by atoms with Crippen LogP contribution in [0.1, 0.15) is 5.56 Å². The van der Waals surface area contributed by atoms with Gasteiger partial charge < -0.3 is 4.90 Å². The van der Waals surface area contributed by atoms with Crippen LogP contribution >= 0.6 is 0 Å². The molecule has 1 heterocycles. The van der Waals surface area contributed by atoms with E-state index in [1.54, 1.807) is 6.20 Å². The van der Waals surface area contributed by atoms with E-state index in [2.05, 4.69) is 46.8 Å². The molecule has 0 amide bonds. The highest BCUT2D eigenvalue weighted by molar-refractivity contribution is 5.44. The van der Waals surface area contributed by atoms with Gasteiger partial charge in [-0.15, -0.1) is 6.58 Å². The Bertz CT molecular complexity index is 465. The van der Waals surface area contributed by atoms with Crippen LogP contribution < -0.4 is 4.90 Å². The van der Waals surface area contributed by atoms with Crippen molar-refractivity contribution >= 4 is 5.69 Å². The van der Waals surface area contributed by atoms with Gasteiger partial charge in [0.15, 0.2) is 0 Å². The van der Waals surface area contributed by atoms with E-state index in [-0.39, 0.29) is 0 Å². The van der Waals surface area contributed by atoms with Crippen LogP contribution in [0.15, 0.2) is 67.5 Å². The summed E-state index contributed by atoms with van der Waals surface area (Å²) in [6.07, 6.45) is 6.66. The molecule has 0 N–H and O–H groups in total. The molecule has 1 aromatic heterocycles. The van der Waals surface area contributed by atoms with Crippen LogP contribution in [0.2, 0.25) is 0 Å². The average Bonchev–Trinajstić information content (AvgIpc) is 2.45. The Kier molecular flexibility index (Phi) is 4.53. The average molecular weight is 238 g/mol. The van der Waals surface area contributed by atoms with Gasteiger partial charge in [0, 0.05) is 19.3 Å². The lowest BCUT2D eigenvalue weighted by atomic mass is 10.1. The van der Waals surface area contributed by atoms with Crippen molar-refractivity contribution in [3.63, 3.8) is 0 Å². The van der Waals surface area contributed by atoms with Crippen molar-refractivity contribution in [3.8, 4) is 0 Å². The predicted molar refractivity (Wildman–Crippen MR) is 76.8 cm³/mol. The Morgan fingerprint density at radius 2 is 1.94 bits per heavy atom. The summed E-state index contributed by atoms with van der Waals surface area (Å²) < 4.78 is 0. The summed E-state index contributed by atoms with van der Waals surface area (Å²) in [6.45, 7) is 5.64. The first kappa shape index (κ1) is 12.4. The number of pyridine rings is 1. The lowest BCUT2D eigenvalue weighted by Crippen LogP contribution is -2.25. The summed E-state index contributed by atoms with van der Waals surface area (Å²) in [5, 5.41) is 0. The summed E-state index contributed by atoms with van der Waals surface area (Å²) in [5.74, 6) is 0. The summed E-state index contributed by atoms with van der Waals surface area (Å²) in [4.78, 5) is 6.45. The number of hydrogen-bond acceptors (Lipinski definition) is 2. The van der Waals surface area contributed by atoms with Gasteiger partial charge in [-0.2, -0.15) is 0 Å². The fourth-order valence-corrected chi connectivity index (χ4v) is 1.93. The van der Waals surface area contributed by atoms with Gasteiger partial charge in [0.2, 0.25) is 0 Å². The van der Waals surface area contributed by atoms with E-state index >= 15 is 0 Å². The van der Waals surface area contributed by atoms with Crippen molar-refractivity contribution in [3.05, 3.63) is 73.1 Å². The second-order valence-corrected chi connectivity index (χ2v) is 4.18. The number of nitrogens with zero attached hydrogens (tertiary/aromatic N) is 2. The molecule has 2 heteroatoms. The highest BCUT2D eigenvalue weighted by Gasteiger charge is 2.04. The maximum atomic E-state index is 4.17. The molecule has 0 spiro atoms. The molecule has 92 valence electrons. The lowest BCUT2D eigenvalue weighted by molar-refractivity contribution is 0.834. The largest absolute Gasteiger partial charge is 0.366 e. The number of aromatic nitrogens is 1. The van der Waals surface area contributed by atoms with Gasteiger partial charge in [0.1, 0.15) is 0 Å². The first-order valence-corrected chi connectivity index (χ1v) is 6.20. The third-order valence-corrected chi connectivity index (χ3v) is 2.87. The zero-order valence-electron chi connectivity index (χ0n) is 10.5. The van der Waals surface area contributed by atoms with Crippen LogP contribution in [0.3, 0.4) is 0 Å². The van der Waals surface area contributed by atoms with Gasteiger partial charge in [-0.3, -0.25) is 4.98 Å². The molecule has 2 rings (SSSR count). The van der Waals surface area contributed by atoms with Crippen LogP contribution in [0.25, 0.3) is 0 Å². The molecular formula is C16H18N2. The Morgan fingerprint density at radius 3 is 2.61 bits per heavy atom. The molecule has 0 atom stereocenters. The van der Waals surface area contributed by atoms with E-state index in [0.717, 1.165) is 25.2 Å². The molecule has 0 bridgehead atoms. The van der Waals surface area contributed by atoms with Gasteiger partial charge in [-0.05, 0) is 24.1 Å². The fraction of sp³-hybridized carbons (Fsp3) is 0.188. The smallest absolute Gasteiger partial charge is 0.0555 e. The second kappa shape index (κ2) is 6.60. The maximum Gasteiger partial charge on any atom is 0.0555 e. The van der Waals surface area contributed by atoms with E-state index in [1.807, 2.05) is 24.4 Å². The van der Waals surface area contributed by atoms with Gasteiger partial charge >= 0.3 is 0 Å². The van der Waals surface area contributed by atoms with Crippen LogP contribution in [-0.2, 0) is 6.42 Å². The Morgan fingerprint density at radius 1 is 1.11 bits per heavy atom. The molecule has 2 aromatic rings. The van der Waals surface area contributed by atoms with E-state index < -0.39 is 0 Å². The molecule has 18 heavy (non-hydrogen) atoms. The molecule has 0 aliphatic heterocycles. The minimum atomic E-state index is 0.846. The zero-order valence-corrected chi connectivity index (χ0v) is 10.5. The Hall–Kier alpha value is -2.09. The minimum Gasteiger partial charge on any atom is -0.366 e. The van der Waals surface area contributed by atoms with Crippen LogP contribution in [0, 0.1) is 0 Å². The molecule has 0 radical (unpaired) electrons. The quantitative estimate of drug-likeness (QED) is 0.718. The van der Waals surface area contributed by atoms with E-state index in [0.29, 0.717) is 0 Å². The van der Waals surface area contributed by atoms with Gasteiger partial charge in [-0.1, -0.05) is 36.4 Å². The maximum absolute atomic E-state index is 4.17.